The van der Waals surface area contributed by atoms with E-state index in [-0.39, 0.29) is 23.7 Å². The second-order valence-corrected chi connectivity index (χ2v) is 8.96. The molecule has 0 radical (unpaired) electrons. The van der Waals surface area contributed by atoms with E-state index in [0.717, 1.165) is 11.1 Å². The van der Waals surface area contributed by atoms with Gasteiger partial charge < -0.3 is 14.8 Å². The van der Waals surface area contributed by atoms with Gasteiger partial charge in [0.2, 0.25) is 5.91 Å². The summed E-state index contributed by atoms with van der Waals surface area (Å²) < 4.78 is 10.6. The Labute approximate surface area is 184 Å². The van der Waals surface area contributed by atoms with Gasteiger partial charge in [-0.25, -0.2) is 0 Å². The number of halogens is 2. The minimum absolute atomic E-state index is 0.0471. The van der Waals surface area contributed by atoms with E-state index in [1.54, 1.807) is 45.2 Å². The lowest BCUT2D eigenvalue weighted by atomic mass is 10.0. The molecule has 3 rings (SSSR count). The molecule has 0 aliphatic carbocycles. The first kappa shape index (κ1) is 21.8. The van der Waals surface area contributed by atoms with Crippen molar-refractivity contribution in [1.82, 2.24) is 0 Å². The van der Waals surface area contributed by atoms with Crippen molar-refractivity contribution in [1.29, 1.82) is 0 Å². The highest BCUT2D eigenvalue weighted by atomic mass is 35.5. The van der Waals surface area contributed by atoms with E-state index >= 15 is 0 Å². The lowest BCUT2D eigenvalue weighted by molar-refractivity contribution is -0.148. The van der Waals surface area contributed by atoms with Crippen LogP contribution < -0.4 is 10.1 Å². The number of nitrogens with one attached hydrogen (secondary N) is 1. The summed E-state index contributed by atoms with van der Waals surface area (Å²) in [6.45, 7) is 3.55. The molecule has 1 heterocycles. The van der Waals surface area contributed by atoms with Gasteiger partial charge in [0.1, 0.15) is 5.75 Å². The normalized spacial score (nSPS) is 18.6. The van der Waals surface area contributed by atoms with Gasteiger partial charge >= 0.3 is 5.97 Å². The number of carbonyl (C=O) groups excluding carboxylic acids is 2. The Kier molecular flexibility index (Phi) is 6.98. The summed E-state index contributed by atoms with van der Waals surface area (Å²) >= 11 is 14.2. The Morgan fingerprint density at radius 3 is 2.66 bits per heavy atom. The molecule has 1 amide bonds. The van der Waals surface area contributed by atoms with Crippen molar-refractivity contribution in [3.8, 4) is 5.75 Å². The maximum atomic E-state index is 12.8. The van der Waals surface area contributed by atoms with Crippen molar-refractivity contribution in [2.24, 2.45) is 0 Å². The minimum atomic E-state index is -0.653. The molecule has 0 saturated carbocycles. The number of amides is 1. The average Bonchev–Trinajstić information content (AvgIpc) is 2.78. The molecular weight excluding hydrogens is 433 g/mol. The maximum absolute atomic E-state index is 12.8. The average molecular weight is 454 g/mol. The molecule has 1 aliphatic heterocycles. The third-order valence-corrected chi connectivity index (χ3v) is 6.49. The Hall–Kier alpha value is -1.89. The van der Waals surface area contributed by atoms with Crippen LogP contribution in [0.5, 0.6) is 5.75 Å². The van der Waals surface area contributed by atoms with Crippen LogP contribution in [0.3, 0.4) is 0 Å². The summed E-state index contributed by atoms with van der Waals surface area (Å²) in [6, 6.07) is 10.8. The first-order valence-electron chi connectivity index (χ1n) is 9.07. The largest absolute Gasteiger partial charge is 0.495 e. The van der Waals surface area contributed by atoms with Crippen LogP contribution in [0.4, 0.5) is 5.69 Å². The van der Waals surface area contributed by atoms with Crippen LogP contribution in [-0.4, -0.2) is 30.3 Å². The number of esters is 1. The van der Waals surface area contributed by atoms with Crippen molar-refractivity contribution >= 4 is 52.5 Å². The van der Waals surface area contributed by atoms with Crippen LogP contribution in [0, 0.1) is 0 Å². The van der Waals surface area contributed by atoms with Crippen LogP contribution in [0.25, 0.3) is 0 Å². The molecule has 0 fully saturated rings. The zero-order chi connectivity index (χ0) is 21.1. The summed E-state index contributed by atoms with van der Waals surface area (Å²) in [5, 5.41) is 2.92. The van der Waals surface area contributed by atoms with Crippen LogP contribution in [0.15, 0.2) is 36.4 Å². The molecule has 2 aromatic rings. The SMILES string of the molecule is COc1cccc([C@@H]2S[C@@H](CC(=O)OC(C)C)C(=O)Nc3ccc(Cl)cc32)c1Cl. The standard InChI is InChI=1S/C21H21Cl2NO4S/c1-11(2)28-18(25)10-17-21(26)24-15-8-7-12(22)9-14(15)20(29-17)13-5-4-6-16(27-3)19(13)23/h4-9,11,17,20H,10H2,1-3H3,(H,24,26)/t17-,20-/m0/s1. The molecule has 0 saturated heterocycles. The van der Waals surface area contributed by atoms with Crippen molar-refractivity contribution in [2.45, 2.75) is 36.9 Å². The molecule has 1 N–H and O–H groups in total. The summed E-state index contributed by atoms with van der Waals surface area (Å²) in [4.78, 5) is 25.1. The molecular formula is C21H21Cl2NO4S. The molecule has 2 atom stereocenters. The summed E-state index contributed by atoms with van der Waals surface area (Å²) in [6.07, 6.45) is -0.296. The number of methoxy groups -OCH3 is 1. The number of hydrogen-bond acceptors (Lipinski definition) is 5. The summed E-state index contributed by atoms with van der Waals surface area (Å²) in [5.74, 6) is -0.152. The minimum Gasteiger partial charge on any atom is -0.495 e. The van der Waals surface area contributed by atoms with Crippen LogP contribution in [0.1, 0.15) is 36.6 Å². The van der Waals surface area contributed by atoms with E-state index in [1.165, 1.54) is 11.8 Å². The molecule has 5 nitrogen and oxygen atoms in total. The van der Waals surface area contributed by atoms with E-state index in [0.29, 0.717) is 21.5 Å². The number of ether oxygens (including phenoxy) is 2. The van der Waals surface area contributed by atoms with Gasteiger partial charge in [0.05, 0.1) is 35.2 Å². The Morgan fingerprint density at radius 1 is 1.21 bits per heavy atom. The van der Waals surface area contributed by atoms with Gasteiger partial charge in [-0.3, -0.25) is 9.59 Å². The fourth-order valence-electron chi connectivity index (χ4n) is 3.11. The van der Waals surface area contributed by atoms with E-state index in [9.17, 15) is 9.59 Å². The zero-order valence-electron chi connectivity index (χ0n) is 16.2. The molecule has 8 heteroatoms. The zero-order valence-corrected chi connectivity index (χ0v) is 18.5. The van der Waals surface area contributed by atoms with Crippen LogP contribution >= 0.6 is 35.0 Å². The second-order valence-electron chi connectivity index (χ2n) is 6.83. The highest BCUT2D eigenvalue weighted by Crippen LogP contribution is 2.48. The smallest absolute Gasteiger partial charge is 0.307 e. The van der Waals surface area contributed by atoms with Gasteiger partial charge in [-0.05, 0) is 49.2 Å². The molecule has 0 unspecified atom stereocenters. The van der Waals surface area contributed by atoms with Gasteiger partial charge in [-0.1, -0.05) is 35.3 Å². The predicted molar refractivity (Wildman–Crippen MR) is 117 cm³/mol. The van der Waals surface area contributed by atoms with E-state index in [2.05, 4.69) is 5.32 Å². The van der Waals surface area contributed by atoms with Crippen molar-refractivity contribution in [2.75, 3.05) is 12.4 Å². The fraction of sp³-hybridized carbons (Fsp3) is 0.333. The highest BCUT2D eigenvalue weighted by Gasteiger charge is 2.35. The monoisotopic (exact) mass is 453 g/mol. The van der Waals surface area contributed by atoms with Crippen LogP contribution in [-0.2, 0) is 14.3 Å². The van der Waals surface area contributed by atoms with E-state index in [4.69, 9.17) is 32.7 Å². The lowest BCUT2D eigenvalue weighted by Gasteiger charge is -2.22. The van der Waals surface area contributed by atoms with Crippen LogP contribution in [0.2, 0.25) is 10.0 Å². The number of benzene rings is 2. The molecule has 0 bridgehead atoms. The third-order valence-electron chi connectivity index (χ3n) is 4.36. The number of hydrogen-bond donors (Lipinski definition) is 1. The summed E-state index contributed by atoms with van der Waals surface area (Å²) in [5.41, 5.74) is 2.22. The summed E-state index contributed by atoms with van der Waals surface area (Å²) in [7, 11) is 1.55. The Bertz CT molecular complexity index is 935. The second kappa shape index (κ2) is 9.28. The van der Waals surface area contributed by atoms with E-state index < -0.39 is 11.2 Å². The number of fused-ring (bicyclic) bond motifs is 1. The lowest BCUT2D eigenvalue weighted by Crippen LogP contribution is -2.28. The quantitative estimate of drug-likeness (QED) is 0.606. The van der Waals surface area contributed by atoms with Gasteiger partial charge in [-0.15, -0.1) is 11.8 Å². The van der Waals surface area contributed by atoms with Crippen molar-refractivity contribution < 1.29 is 19.1 Å². The Balaban J connectivity index is 2.05. The van der Waals surface area contributed by atoms with Gasteiger partial charge in [0.15, 0.2) is 0 Å². The number of anilines is 1. The van der Waals surface area contributed by atoms with Gasteiger partial charge in [0.25, 0.3) is 0 Å². The molecule has 154 valence electrons. The van der Waals surface area contributed by atoms with Gasteiger partial charge in [-0.2, -0.15) is 0 Å². The highest BCUT2D eigenvalue weighted by molar-refractivity contribution is 8.01. The molecule has 0 spiro atoms. The fourth-order valence-corrected chi connectivity index (χ4v) is 5.09. The molecule has 29 heavy (non-hydrogen) atoms. The predicted octanol–water partition coefficient (Wildman–Crippen LogP) is 5.49. The molecule has 2 aromatic carbocycles. The number of rotatable bonds is 5. The number of thioether (sulfide) groups is 1. The maximum Gasteiger partial charge on any atom is 0.307 e. The third kappa shape index (κ3) is 5.00. The first-order valence-corrected chi connectivity index (χ1v) is 10.8. The first-order chi connectivity index (χ1) is 13.8. The number of carbonyl (C=O) groups is 2. The molecule has 0 aromatic heterocycles. The van der Waals surface area contributed by atoms with Crippen molar-refractivity contribution in [3.63, 3.8) is 0 Å². The topological polar surface area (TPSA) is 64.6 Å². The van der Waals surface area contributed by atoms with E-state index in [1.807, 2.05) is 12.1 Å². The Morgan fingerprint density at radius 2 is 1.97 bits per heavy atom. The van der Waals surface area contributed by atoms with Crippen molar-refractivity contribution in [3.05, 3.63) is 57.6 Å². The van der Waals surface area contributed by atoms with Gasteiger partial charge in [0, 0.05) is 10.7 Å². The molecule has 1 aliphatic rings.